The molecule has 0 bridgehead atoms. The molecular weight excluding hydrogens is 153 g/mol. The van der Waals surface area contributed by atoms with Crippen LogP contribution in [0, 0.1) is 12.7 Å². The highest BCUT2D eigenvalue weighted by Gasteiger charge is 1.95. The number of aryl methyl sites for hydroxylation is 1. The van der Waals surface area contributed by atoms with E-state index in [1.165, 1.54) is 12.3 Å². The lowest BCUT2D eigenvalue weighted by atomic mass is 10.1. The van der Waals surface area contributed by atoms with Crippen molar-refractivity contribution in [1.82, 2.24) is 0 Å². The van der Waals surface area contributed by atoms with Crippen LogP contribution in [0.4, 0.5) is 4.39 Å². The van der Waals surface area contributed by atoms with Crippen molar-refractivity contribution in [3.05, 3.63) is 47.9 Å². The third-order valence-electron chi connectivity index (χ3n) is 1.51. The van der Waals surface area contributed by atoms with Crippen LogP contribution >= 0.6 is 0 Å². The lowest BCUT2D eigenvalue weighted by Crippen LogP contribution is -1.85. The van der Waals surface area contributed by atoms with Gasteiger partial charge in [-0.25, -0.2) is 4.39 Å². The molecule has 0 saturated heterocycles. The zero-order valence-corrected chi connectivity index (χ0v) is 6.92. The molecule has 0 N–H and O–H groups in total. The van der Waals surface area contributed by atoms with Crippen molar-refractivity contribution >= 4 is 6.21 Å². The Bertz CT molecular complexity index is 316. The summed E-state index contributed by atoms with van der Waals surface area (Å²) in [6.07, 6.45) is 3.08. The molecule has 0 spiro atoms. The van der Waals surface area contributed by atoms with Crippen LogP contribution in [0.5, 0.6) is 0 Å². The van der Waals surface area contributed by atoms with Gasteiger partial charge in [0.05, 0.1) is 0 Å². The number of aliphatic imine (C=N–C) groups is 1. The Labute approximate surface area is 71.3 Å². The molecule has 0 atom stereocenters. The minimum absolute atomic E-state index is 0.189. The van der Waals surface area contributed by atoms with Crippen molar-refractivity contribution in [3.63, 3.8) is 0 Å². The van der Waals surface area contributed by atoms with Gasteiger partial charge in [0, 0.05) is 12.4 Å². The average molecular weight is 163 g/mol. The smallest absolute Gasteiger partial charge is 0.126 e. The zero-order chi connectivity index (χ0) is 8.97. The van der Waals surface area contributed by atoms with Gasteiger partial charge in [-0.3, -0.25) is 4.99 Å². The molecule has 1 nitrogen and oxygen atoms in total. The first-order chi connectivity index (χ1) is 5.74. The largest absolute Gasteiger partial charge is 0.265 e. The Morgan fingerprint density at radius 3 is 2.83 bits per heavy atom. The van der Waals surface area contributed by atoms with Crippen LogP contribution < -0.4 is 0 Å². The molecule has 0 fully saturated rings. The fourth-order valence-corrected chi connectivity index (χ4v) is 0.887. The standard InChI is InChI=1S/C10H10FN/c1-3-12-7-9-4-5-10(11)8(2)6-9/h3-7H,1H2,2H3. The maximum atomic E-state index is 12.8. The monoisotopic (exact) mass is 163 g/mol. The molecular formula is C10H10FN. The van der Waals surface area contributed by atoms with E-state index >= 15 is 0 Å². The predicted molar refractivity (Wildman–Crippen MR) is 48.9 cm³/mol. The van der Waals surface area contributed by atoms with Gasteiger partial charge in [-0.15, -0.1) is 0 Å². The fourth-order valence-electron chi connectivity index (χ4n) is 0.887. The van der Waals surface area contributed by atoms with Crippen LogP contribution in [0.25, 0.3) is 0 Å². The Morgan fingerprint density at radius 2 is 2.25 bits per heavy atom. The van der Waals surface area contributed by atoms with Crippen molar-refractivity contribution in [1.29, 1.82) is 0 Å². The van der Waals surface area contributed by atoms with Crippen LogP contribution in [0.3, 0.4) is 0 Å². The Kier molecular flexibility index (Phi) is 2.75. The fraction of sp³-hybridized carbons (Fsp3) is 0.100. The van der Waals surface area contributed by atoms with Gasteiger partial charge in [0.15, 0.2) is 0 Å². The second-order valence-corrected chi connectivity index (χ2v) is 2.47. The van der Waals surface area contributed by atoms with Gasteiger partial charge < -0.3 is 0 Å². The van der Waals surface area contributed by atoms with E-state index in [-0.39, 0.29) is 5.82 Å². The summed E-state index contributed by atoms with van der Waals surface area (Å²) >= 11 is 0. The van der Waals surface area contributed by atoms with Gasteiger partial charge in [0.2, 0.25) is 0 Å². The van der Waals surface area contributed by atoms with E-state index in [1.54, 1.807) is 25.3 Å². The molecule has 0 aliphatic heterocycles. The second-order valence-electron chi connectivity index (χ2n) is 2.47. The molecule has 1 aromatic rings. The highest BCUT2D eigenvalue weighted by Crippen LogP contribution is 2.07. The van der Waals surface area contributed by atoms with Crippen LogP contribution in [0.2, 0.25) is 0 Å². The lowest BCUT2D eigenvalue weighted by Gasteiger charge is -1.96. The number of hydrogen-bond acceptors (Lipinski definition) is 1. The summed E-state index contributed by atoms with van der Waals surface area (Å²) in [5, 5.41) is 0. The highest BCUT2D eigenvalue weighted by molar-refractivity contribution is 5.80. The van der Waals surface area contributed by atoms with Gasteiger partial charge in [0.1, 0.15) is 5.82 Å². The van der Waals surface area contributed by atoms with E-state index in [2.05, 4.69) is 11.6 Å². The molecule has 2 heteroatoms. The Hall–Kier alpha value is -1.44. The molecule has 0 aromatic heterocycles. The maximum Gasteiger partial charge on any atom is 0.126 e. The van der Waals surface area contributed by atoms with Crippen molar-refractivity contribution < 1.29 is 4.39 Å². The van der Waals surface area contributed by atoms with Gasteiger partial charge in [-0.1, -0.05) is 12.6 Å². The van der Waals surface area contributed by atoms with Crippen molar-refractivity contribution in [2.75, 3.05) is 0 Å². The molecule has 0 radical (unpaired) electrons. The summed E-state index contributed by atoms with van der Waals surface area (Å²) in [5.41, 5.74) is 1.51. The normalized spacial score (nSPS) is 10.5. The van der Waals surface area contributed by atoms with E-state index < -0.39 is 0 Å². The topological polar surface area (TPSA) is 12.4 Å². The molecule has 0 aliphatic rings. The molecule has 1 aromatic carbocycles. The molecule has 1 rings (SSSR count). The number of nitrogens with zero attached hydrogens (tertiary/aromatic N) is 1. The summed E-state index contributed by atoms with van der Waals surface area (Å²) in [7, 11) is 0. The number of hydrogen-bond donors (Lipinski definition) is 0. The van der Waals surface area contributed by atoms with Gasteiger partial charge in [-0.2, -0.15) is 0 Å². The van der Waals surface area contributed by atoms with E-state index in [0.717, 1.165) is 5.56 Å². The average Bonchev–Trinajstić information content (AvgIpc) is 2.07. The van der Waals surface area contributed by atoms with E-state index in [0.29, 0.717) is 5.56 Å². The minimum Gasteiger partial charge on any atom is -0.265 e. The number of halogens is 1. The van der Waals surface area contributed by atoms with Gasteiger partial charge in [-0.05, 0) is 30.2 Å². The summed E-state index contributed by atoms with van der Waals surface area (Å²) in [4.78, 5) is 3.83. The van der Waals surface area contributed by atoms with E-state index in [4.69, 9.17) is 0 Å². The molecule has 0 heterocycles. The lowest BCUT2D eigenvalue weighted by molar-refractivity contribution is 0.618. The minimum atomic E-state index is -0.189. The molecule has 0 unspecified atom stereocenters. The van der Waals surface area contributed by atoms with E-state index in [1.807, 2.05) is 0 Å². The quantitative estimate of drug-likeness (QED) is 0.594. The Balaban J connectivity index is 2.96. The summed E-state index contributed by atoms with van der Waals surface area (Å²) in [5.74, 6) is -0.189. The molecule has 0 aliphatic carbocycles. The van der Waals surface area contributed by atoms with Gasteiger partial charge >= 0.3 is 0 Å². The van der Waals surface area contributed by atoms with Crippen molar-refractivity contribution in [2.45, 2.75) is 6.92 Å². The zero-order valence-electron chi connectivity index (χ0n) is 6.92. The molecule has 0 amide bonds. The molecule has 12 heavy (non-hydrogen) atoms. The summed E-state index contributed by atoms with van der Waals surface area (Å²) in [6.45, 7) is 5.17. The van der Waals surface area contributed by atoms with Crippen molar-refractivity contribution in [3.8, 4) is 0 Å². The first-order valence-corrected chi connectivity index (χ1v) is 3.64. The molecule has 62 valence electrons. The maximum absolute atomic E-state index is 12.8. The van der Waals surface area contributed by atoms with Crippen LogP contribution in [0.15, 0.2) is 36.0 Å². The summed E-state index contributed by atoms with van der Waals surface area (Å²) < 4.78 is 12.8. The SMILES string of the molecule is C=CN=Cc1ccc(F)c(C)c1. The highest BCUT2D eigenvalue weighted by atomic mass is 19.1. The van der Waals surface area contributed by atoms with E-state index in [9.17, 15) is 4.39 Å². The predicted octanol–water partition coefficient (Wildman–Crippen LogP) is 2.70. The third-order valence-corrected chi connectivity index (χ3v) is 1.51. The van der Waals surface area contributed by atoms with Crippen molar-refractivity contribution in [2.24, 2.45) is 4.99 Å². The van der Waals surface area contributed by atoms with Crippen LogP contribution in [-0.2, 0) is 0 Å². The molecule has 0 saturated carbocycles. The number of benzene rings is 1. The third kappa shape index (κ3) is 2.02. The van der Waals surface area contributed by atoms with Crippen LogP contribution in [0.1, 0.15) is 11.1 Å². The first kappa shape index (κ1) is 8.65. The van der Waals surface area contributed by atoms with Crippen LogP contribution in [-0.4, -0.2) is 6.21 Å². The Morgan fingerprint density at radius 1 is 1.50 bits per heavy atom. The summed E-state index contributed by atoms with van der Waals surface area (Å²) in [6, 6.07) is 4.84. The second kappa shape index (κ2) is 3.81. The number of rotatable bonds is 2. The van der Waals surface area contributed by atoms with Gasteiger partial charge in [0.25, 0.3) is 0 Å². The first-order valence-electron chi connectivity index (χ1n) is 3.64.